The van der Waals surface area contributed by atoms with Crippen LogP contribution in [-0.2, 0) is 10.0 Å². The third kappa shape index (κ3) is 3.64. The lowest BCUT2D eigenvalue weighted by molar-refractivity contribution is 0.590. The van der Waals surface area contributed by atoms with Crippen LogP contribution in [0.3, 0.4) is 0 Å². The predicted octanol–water partition coefficient (Wildman–Crippen LogP) is 3.22. The van der Waals surface area contributed by atoms with Crippen LogP contribution in [-0.4, -0.2) is 35.3 Å². The maximum absolute atomic E-state index is 12.6. The highest BCUT2D eigenvalue weighted by atomic mass is 32.2. The lowest BCUT2D eigenvalue weighted by atomic mass is 10.1. The van der Waals surface area contributed by atoms with Crippen molar-refractivity contribution < 1.29 is 8.42 Å². The fourth-order valence-electron chi connectivity index (χ4n) is 2.90. The summed E-state index contributed by atoms with van der Waals surface area (Å²) in [5, 5.41) is 13.4. The van der Waals surface area contributed by atoms with Gasteiger partial charge in [-0.1, -0.05) is 25.5 Å². The Morgan fingerprint density at radius 3 is 2.78 bits per heavy atom. The van der Waals surface area contributed by atoms with Crippen molar-refractivity contribution in [1.29, 1.82) is 5.26 Å². The standard InChI is InChI=1S/C19H21N5O2S/c1-3-5-11-23(27(25,26)4-2)17-8-6-7-15(12-17)18-9-10-21-19-16(13-20)14-22-24(18)19/h6-10,12,14H,3-5,11H2,1-2H3. The molecule has 2 heterocycles. The van der Waals surface area contributed by atoms with Gasteiger partial charge >= 0.3 is 0 Å². The molecule has 0 radical (unpaired) electrons. The second-order valence-electron chi connectivity index (χ2n) is 6.11. The normalized spacial score (nSPS) is 11.4. The molecule has 3 aromatic rings. The number of rotatable bonds is 7. The van der Waals surface area contributed by atoms with Crippen molar-refractivity contribution in [3.05, 3.63) is 48.3 Å². The third-order valence-corrected chi connectivity index (χ3v) is 6.16. The first-order chi connectivity index (χ1) is 13.0. The van der Waals surface area contributed by atoms with Gasteiger partial charge in [0.15, 0.2) is 5.65 Å². The smallest absolute Gasteiger partial charge is 0.234 e. The van der Waals surface area contributed by atoms with Crippen molar-refractivity contribution in [2.45, 2.75) is 26.7 Å². The molecule has 0 bridgehead atoms. The minimum absolute atomic E-state index is 0.0468. The number of anilines is 1. The molecule has 0 N–H and O–H groups in total. The minimum Gasteiger partial charge on any atom is -0.270 e. The molecule has 1 aromatic carbocycles. The first-order valence-corrected chi connectivity index (χ1v) is 10.5. The summed E-state index contributed by atoms with van der Waals surface area (Å²) in [6.07, 6.45) is 4.79. The number of aromatic nitrogens is 3. The molecule has 8 heteroatoms. The highest BCUT2D eigenvalue weighted by Crippen LogP contribution is 2.27. The van der Waals surface area contributed by atoms with Crippen molar-refractivity contribution in [1.82, 2.24) is 14.6 Å². The number of hydrogen-bond acceptors (Lipinski definition) is 5. The van der Waals surface area contributed by atoms with Gasteiger partial charge in [-0.05, 0) is 31.5 Å². The zero-order valence-corrected chi connectivity index (χ0v) is 16.1. The van der Waals surface area contributed by atoms with E-state index in [9.17, 15) is 13.7 Å². The van der Waals surface area contributed by atoms with Gasteiger partial charge in [-0.2, -0.15) is 10.4 Å². The maximum Gasteiger partial charge on any atom is 0.234 e. The van der Waals surface area contributed by atoms with Crippen molar-refractivity contribution in [3.63, 3.8) is 0 Å². The van der Waals surface area contributed by atoms with Gasteiger partial charge in [-0.15, -0.1) is 0 Å². The Hall–Kier alpha value is -2.92. The first kappa shape index (κ1) is 18.9. The molecule has 0 atom stereocenters. The van der Waals surface area contributed by atoms with E-state index >= 15 is 0 Å². The summed E-state index contributed by atoms with van der Waals surface area (Å²) in [6.45, 7) is 4.13. The fraction of sp³-hybridized carbons (Fsp3) is 0.316. The predicted molar refractivity (Wildman–Crippen MR) is 105 cm³/mol. The molecule has 0 aliphatic heterocycles. The van der Waals surface area contributed by atoms with Gasteiger partial charge in [-0.3, -0.25) is 4.31 Å². The van der Waals surface area contributed by atoms with Gasteiger partial charge in [0, 0.05) is 18.3 Å². The van der Waals surface area contributed by atoms with Crippen LogP contribution in [0.25, 0.3) is 16.9 Å². The van der Waals surface area contributed by atoms with Gasteiger partial charge < -0.3 is 0 Å². The average molecular weight is 383 g/mol. The van der Waals surface area contributed by atoms with Gasteiger partial charge in [-0.25, -0.2) is 17.9 Å². The lowest BCUT2D eigenvalue weighted by Gasteiger charge is -2.24. The van der Waals surface area contributed by atoms with E-state index in [0.717, 1.165) is 24.1 Å². The Balaban J connectivity index is 2.10. The first-order valence-electron chi connectivity index (χ1n) is 8.85. The van der Waals surface area contributed by atoms with Crippen molar-refractivity contribution in [2.24, 2.45) is 0 Å². The van der Waals surface area contributed by atoms with Crippen LogP contribution in [0.4, 0.5) is 5.69 Å². The van der Waals surface area contributed by atoms with Crippen LogP contribution < -0.4 is 4.31 Å². The van der Waals surface area contributed by atoms with Crippen LogP contribution in [0.2, 0.25) is 0 Å². The quantitative estimate of drug-likeness (QED) is 0.625. The van der Waals surface area contributed by atoms with E-state index in [1.54, 1.807) is 29.8 Å². The molecule has 2 aromatic heterocycles. The highest BCUT2D eigenvalue weighted by molar-refractivity contribution is 7.92. The maximum atomic E-state index is 12.6. The number of hydrogen-bond donors (Lipinski definition) is 0. The number of benzene rings is 1. The molecule has 0 amide bonds. The zero-order valence-electron chi connectivity index (χ0n) is 15.3. The van der Waals surface area contributed by atoms with E-state index < -0.39 is 10.0 Å². The van der Waals surface area contributed by atoms with Crippen molar-refractivity contribution in [3.8, 4) is 17.3 Å². The largest absolute Gasteiger partial charge is 0.270 e. The van der Waals surface area contributed by atoms with Crippen LogP contribution in [0.5, 0.6) is 0 Å². The molecule has 0 spiro atoms. The molecular formula is C19H21N5O2S. The van der Waals surface area contributed by atoms with Crippen molar-refractivity contribution >= 4 is 21.4 Å². The molecular weight excluding hydrogens is 362 g/mol. The van der Waals surface area contributed by atoms with Gasteiger partial charge in [0.1, 0.15) is 11.6 Å². The lowest BCUT2D eigenvalue weighted by Crippen LogP contribution is -2.33. The van der Waals surface area contributed by atoms with E-state index in [2.05, 4.69) is 16.2 Å². The Kier molecular flexibility index (Phi) is 5.42. The van der Waals surface area contributed by atoms with Gasteiger partial charge in [0.05, 0.1) is 23.3 Å². The SMILES string of the molecule is CCCCN(c1cccc(-c2ccnc3c(C#N)cnn23)c1)S(=O)(=O)CC. The minimum atomic E-state index is -3.37. The molecule has 3 rings (SSSR count). The van der Waals surface area contributed by atoms with Gasteiger partial charge in [0.2, 0.25) is 10.0 Å². The van der Waals surface area contributed by atoms with Crippen LogP contribution in [0.1, 0.15) is 32.3 Å². The van der Waals surface area contributed by atoms with E-state index in [0.29, 0.717) is 23.4 Å². The molecule has 0 unspecified atom stereocenters. The second-order valence-corrected chi connectivity index (χ2v) is 8.29. The molecule has 0 fully saturated rings. The van der Waals surface area contributed by atoms with Gasteiger partial charge in [0.25, 0.3) is 0 Å². The topological polar surface area (TPSA) is 91.4 Å². The molecule has 7 nitrogen and oxygen atoms in total. The Morgan fingerprint density at radius 1 is 1.26 bits per heavy atom. The van der Waals surface area contributed by atoms with Crippen LogP contribution >= 0.6 is 0 Å². The molecule has 0 aliphatic rings. The summed E-state index contributed by atoms with van der Waals surface area (Å²) < 4.78 is 28.2. The van der Waals surface area contributed by atoms with E-state index in [1.165, 1.54) is 10.5 Å². The number of sulfonamides is 1. The summed E-state index contributed by atoms with van der Waals surface area (Å²) in [7, 11) is -3.37. The van der Waals surface area contributed by atoms with E-state index in [1.807, 2.05) is 25.1 Å². The Morgan fingerprint density at radius 2 is 2.07 bits per heavy atom. The molecule has 140 valence electrons. The summed E-state index contributed by atoms with van der Waals surface area (Å²) >= 11 is 0. The third-order valence-electron chi connectivity index (χ3n) is 4.37. The number of nitriles is 1. The van der Waals surface area contributed by atoms with Crippen LogP contribution in [0, 0.1) is 11.3 Å². The number of unbranched alkanes of at least 4 members (excludes halogenated alkanes) is 1. The average Bonchev–Trinajstić information content (AvgIpc) is 3.11. The van der Waals surface area contributed by atoms with Crippen molar-refractivity contribution in [2.75, 3.05) is 16.6 Å². The molecule has 27 heavy (non-hydrogen) atoms. The molecule has 0 aliphatic carbocycles. The summed E-state index contributed by atoms with van der Waals surface area (Å²) in [4.78, 5) is 4.22. The summed E-state index contributed by atoms with van der Waals surface area (Å²) in [6, 6.07) is 11.2. The van der Waals surface area contributed by atoms with E-state index in [4.69, 9.17) is 0 Å². The van der Waals surface area contributed by atoms with E-state index in [-0.39, 0.29) is 5.75 Å². The Bertz CT molecular complexity index is 1100. The second kappa shape index (κ2) is 7.76. The Labute approximate surface area is 158 Å². The monoisotopic (exact) mass is 383 g/mol. The molecule has 0 saturated heterocycles. The fourth-order valence-corrected chi connectivity index (χ4v) is 4.05. The zero-order chi connectivity index (χ0) is 19.4. The number of fused-ring (bicyclic) bond motifs is 1. The molecule has 0 saturated carbocycles. The van der Waals surface area contributed by atoms with Crippen LogP contribution in [0.15, 0.2) is 42.7 Å². The highest BCUT2D eigenvalue weighted by Gasteiger charge is 2.21. The summed E-state index contributed by atoms with van der Waals surface area (Å²) in [5.74, 6) is 0.0468. The number of nitrogens with zero attached hydrogens (tertiary/aromatic N) is 5. The summed E-state index contributed by atoms with van der Waals surface area (Å²) in [5.41, 5.74) is 3.05.